The van der Waals surface area contributed by atoms with E-state index >= 15 is 0 Å². The number of benzene rings is 2. The lowest BCUT2D eigenvalue weighted by Crippen LogP contribution is -2.47. The van der Waals surface area contributed by atoms with E-state index in [-0.39, 0.29) is 18.2 Å². The van der Waals surface area contributed by atoms with Crippen LogP contribution in [0, 0.1) is 5.82 Å². The van der Waals surface area contributed by atoms with Crippen LogP contribution in [0.2, 0.25) is 10.0 Å². The SMILES string of the molecule is CC[C@H](COc1cc(Cl)ccc1C1CCN(C(=O)[C@H](N)Cc2ccc(Cl)cc2F)CC1)N1CCCC1. The summed E-state index contributed by atoms with van der Waals surface area (Å²) in [5, 5.41) is 0.987. The van der Waals surface area contributed by atoms with E-state index in [0.717, 1.165) is 43.7 Å². The Hall–Kier alpha value is -1.86. The molecule has 0 spiro atoms. The van der Waals surface area contributed by atoms with E-state index < -0.39 is 11.9 Å². The highest BCUT2D eigenvalue weighted by atomic mass is 35.5. The van der Waals surface area contributed by atoms with Crippen molar-refractivity contribution < 1.29 is 13.9 Å². The van der Waals surface area contributed by atoms with Crippen LogP contribution in [0.4, 0.5) is 4.39 Å². The Labute approximate surface area is 223 Å². The molecule has 0 bridgehead atoms. The van der Waals surface area contributed by atoms with Crippen LogP contribution in [0.1, 0.15) is 56.1 Å². The molecule has 0 radical (unpaired) electrons. The summed E-state index contributed by atoms with van der Waals surface area (Å²) in [6.45, 7) is 6.36. The molecule has 8 heteroatoms. The van der Waals surface area contributed by atoms with Gasteiger partial charge < -0.3 is 15.4 Å². The summed E-state index contributed by atoms with van der Waals surface area (Å²) in [6.07, 6.45) is 5.34. The van der Waals surface area contributed by atoms with E-state index in [9.17, 15) is 9.18 Å². The Morgan fingerprint density at radius 3 is 2.42 bits per heavy atom. The van der Waals surface area contributed by atoms with Crippen molar-refractivity contribution in [3.63, 3.8) is 0 Å². The van der Waals surface area contributed by atoms with Crippen molar-refractivity contribution in [2.24, 2.45) is 5.73 Å². The van der Waals surface area contributed by atoms with Crippen molar-refractivity contribution in [1.29, 1.82) is 0 Å². The monoisotopic (exact) mass is 535 g/mol. The fourth-order valence-electron chi connectivity index (χ4n) is 5.40. The van der Waals surface area contributed by atoms with Gasteiger partial charge in [0.05, 0.1) is 6.04 Å². The summed E-state index contributed by atoms with van der Waals surface area (Å²) in [7, 11) is 0. The summed E-state index contributed by atoms with van der Waals surface area (Å²) in [5.41, 5.74) is 7.73. The molecule has 36 heavy (non-hydrogen) atoms. The highest BCUT2D eigenvalue weighted by Crippen LogP contribution is 2.36. The number of ether oxygens (including phenoxy) is 1. The zero-order chi connectivity index (χ0) is 25.7. The highest BCUT2D eigenvalue weighted by molar-refractivity contribution is 6.31. The molecule has 2 heterocycles. The van der Waals surface area contributed by atoms with Gasteiger partial charge in [-0.3, -0.25) is 9.69 Å². The van der Waals surface area contributed by atoms with Gasteiger partial charge >= 0.3 is 0 Å². The normalized spacial score (nSPS) is 18.9. The summed E-state index contributed by atoms with van der Waals surface area (Å²) in [4.78, 5) is 17.3. The summed E-state index contributed by atoms with van der Waals surface area (Å²) in [5.74, 6) is 0.541. The molecule has 0 unspecified atom stereocenters. The second-order valence-electron chi connectivity index (χ2n) is 9.94. The Morgan fingerprint density at radius 1 is 1.08 bits per heavy atom. The van der Waals surface area contributed by atoms with Crippen LogP contribution in [0.5, 0.6) is 5.75 Å². The molecule has 4 rings (SSSR count). The highest BCUT2D eigenvalue weighted by Gasteiger charge is 2.29. The van der Waals surface area contributed by atoms with Crippen molar-refractivity contribution in [3.05, 3.63) is 63.4 Å². The van der Waals surface area contributed by atoms with Gasteiger partial charge in [-0.05, 0) is 92.9 Å². The lowest BCUT2D eigenvalue weighted by atomic mass is 9.88. The van der Waals surface area contributed by atoms with Gasteiger partial charge in [-0.1, -0.05) is 42.3 Å². The Balaban J connectivity index is 1.35. The predicted octanol–water partition coefficient (Wildman–Crippen LogP) is 5.66. The molecule has 1 amide bonds. The van der Waals surface area contributed by atoms with E-state index in [4.69, 9.17) is 33.7 Å². The quantitative estimate of drug-likeness (QED) is 0.449. The second-order valence-corrected chi connectivity index (χ2v) is 10.8. The molecule has 0 saturated carbocycles. The third-order valence-corrected chi connectivity index (χ3v) is 8.02. The minimum atomic E-state index is -0.789. The van der Waals surface area contributed by atoms with Gasteiger partial charge in [0.15, 0.2) is 0 Å². The molecule has 2 aliphatic heterocycles. The molecule has 5 nitrogen and oxygen atoms in total. The molecule has 2 aromatic carbocycles. The van der Waals surface area contributed by atoms with Crippen molar-refractivity contribution in [3.8, 4) is 5.75 Å². The van der Waals surface area contributed by atoms with Gasteiger partial charge in [-0.2, -0.15) is 0 Å². The zero-order valence-electron chi connectivity index (χ0n) is 20.9. The number of rotatable bonds is 9. The van der Waals surface area contributed by atoms with Crippen molar-refractivity contribution in [2.45, 2.75) is 63.5 Å². The topological polar surface area (TPSA) is 58.8 Å². The first-order valence-electron chi connectivity index (χ1n) is 13.0. The Kier molecular flexibility index (Phi) is 9.51. The van der Waals surface area contributed by atoms with E-state index in [2.05, 4.69) is 17.9 Å². The first kappa shape index (κ1) is 27.2. The summed E-state index contributed by atoms with van der Waals surface area (Å²) in [6, 6.07) is 9.96. The average molecular weight is 537 g/mol. The van der Waals surface area contributed by atoms with Crippen LogP contribution in [0.3, 0.4) is 0 Å². The number of amides is 1. The van der Waals surface area contributed by atoms with E-state index in [1.165, 1.54) is 18.9 Å². The Morgan fingerprint density at radius 2 is 1.75 bits per heavy atom. The maximum absolute atomic E-state index is 14.2. The van der Waals surface area contributed by atoms with Crippen molar-refractivity contribution >= 4 is 29.1 Å². The standard InChI is InChI=1S/C28H36Cl2FN3O2/c1-2-23(33-11-3-4-12-33)18-36-27-17-22(30)7-8-24(27)19-9-13-34(14-10-19)28(35)26(32)15-20-5-6-21(29)16-25(20)31/h5-8,16-17,19,23,26H,2-4,9-15,18,32H2,1H3/t23-,26-/m1/s1. The number of carbonyl (C=O) groups excluding carboxylic acids is 1. The van der Waals surface area contributed by atoms with Gasteiger partial charge in [-0.25, -0.2) is 4.39 Å². The lowest BCUT2D eigenvalue weighted by Gasteiger charge is -2.34. The van der Waals surface area contributed by atoms with Gasteiger partial charge in [0.25, 0.3) is 0 Å². The number of piperidine rings is 1. The van der Waals surface area contributed by atoms with Gasteiger partial charge in [0.1, 0.15) is 18.2 Å². The second kappa shape index (κ2) is 12.6. The lowest BCUT2D eigenvalue weighted by molar-refractivity contribution is -0.133. The minimum absolute atomic E-state index is 0.145. The number of hydrogen-bond acceptors (Lipinski definition) is 4. The minimum Gasteiger partial charge on any atom is -0.492 e. The molecule has 2 aliphatic rings. The van der Waals surface area contributed by atoms with Crippen LogP contribution in [0.25, 0.3) is 0 Å². The van der Waals surface area contributed by atoms with Crippen LogP contribution >= 0.6 is 23.2 Å². The van der Waals surface area contributed by atoms with Crippen LogP contribution in [-0.4, -0.2) is 60.6 Å². The van der Waals surface area contributed by atoms with Gasteiger partial charge in [-0.15, -0.1) is 0 Å². The maximum atomic E-state index is 14.2. The molecule has 2 atom stereocenters. The average Bonchev–Trinajstić information content (AvgIpc) is 3.41. The first-order chi connectivity index (χ1) is 17.4. The summed E-state index contributed by atoms with van der Waals surface area (Å²) >= 11 is 12.2. The fourth-order valence-corrected chi connectivity index (χ4v) is 5.72. The van der Waals surface area contributed by atoms with Crippen molar-refractivity contribution in [2.75, 3.05) is 32.8 Å². The smallest absolute Gasteiger partial charge is 0.239 e. The number of nitrogens with two attached hydrogens (primary N) is 1. The number of nitrogens with zero attached hydrogens (tertiary/aromatic N) is 2. The first-order valence-corrected chi connectivity index (χ1v) is 13.8. The molecule has 2 aromatic rings. The van der Waals surface area contributed by atoms with Gasteiger partial charge in [0, 0.05) is 29.2 Å². The predicted molar refractivity (Wildman–Crippen MR) is 143 cm³/mol. The van der Waals surface area contributed by atoms with E-state index in [1.54, 1.807) is 17.0 Å². The Bertz CT molecular complexity index is 1040. The van der Waals surface area contributed by atoms with E-state index in [1.807, 2.05) is 12.1 Å². The number of halogens is 3. The number of likely N-dealkylation sites (tertiary alicyclic amines) is 2. The molecule has 2 fully saturated rings. The third kappa shape index (κ3) is 6.71. The zero-order valence-corrected chi connectivity index (χ0v) is 22.4. The number of hydrogen-bond donors (Lipinski definition) is 1. The van der Waals surface area contributed by atoms with Crippen LogP contribution < -0.4 is 10.5 Å². The molecule has 0 aliphatic carbocycles. The molecule has 196 valence electrons. The molecule has 2 N–H and O–H groups in total. The molecule has 2 saturated heterocycles. The molecular formula is C28H36Cl2FN3O2. The molecular weight excluding hydrogens is 500 g/mol. The van der Waals surface area contributed by atoms with E-state index in [0.29, 0.717) is 41.3 Å². The van der Waals surface area contributed by atoms with Crippen molar-refractivity contribution in [1.82, 2.24) is 9.80 Å². The third-order valence-electron chi connectivity index (χ3n) is 7.55. The molecule has 0 aromatic heterocycles. The van der Waals surface area contributed by atoms with Crippen LogP contribution in [-0.2, 0) is 11.2 Å². The summed E-state index contributed by atoms with van der Waals surface area (Å²) < 4.78 is 20.5. The fraction of sp³-hybridized carbons (Fsp3) is 0.536. The van der Waals surface area contributed by atoms with Gasteiger partial charge in [0.2, 0.25) is 5.91 Å². The van der Waals surface area contributed by atoms with Crippen LogP contribution in [0.15, 0.2) is 36.4 Å². The maximum Gasteiger partial charge on any atom is 0.239 e. The largest absolute Gasteiger partial charge is 0.492 e. The number of carbonyl (C=O) groups is 1.